The van der Waals surface area contributed by atoms with Crippen molar-refractivity contribution in [1.29, 1.82) is 0 Å². The van der Waals surface area contributed by atoms with Gasteiger partial charge in [0, 0.05) is 0 Å². The van der Waals surface area contributed by atoms with Crippen molar-refractivity contribution in [3.05, 3.63) is 41.1 Å². The van der Waals surface area contributed by atoms with Crippen molar-refractivity contribution in [3.63, 3.8) is 0 Å². The highest BCUT2D eigenvalue weighted by Gasteiger charge is 2.33. The zero-order valence-electron chi connectivity index (χ0n) is 6.77. The molecule has 0 saturated heterocycles. The molecule has 0 aliphatic rings. The van der Waals surface area contributed by atoms with Gasteiger partial charge in [0.2, 0.25) is 0 Å². The molecular formula is C9H4F4N-. The Morgan fingerprint density at radius 2 is 1.93 bits per heavy atom. The van der Waals surface area contributed by atoms with Crippen LogP contribution in [0.2, 0.25) is 0 Å². The molecule has 1 rings (SSSR count). The van der Waals surface area contributed by atoms with E-state index in [1.807, 2.05) is 0 Å². The van der Waals surface area contributed by atoms with Crippen LogP contribution in [-0.2, 0) is 0 Å². The molecule has 0 atom stereocenters. The lowest BCUT2D eigenvalue weighted by molar-refractivity contribution is -0.0678. The molecule has 0 aromatic heterocycles. The quantitative estimate of drug-likeness (QED) is 0.493. The third-order valence-corrected chi connectivity index (χ3v) is 1.51. The van der Waals surface area contributed by atoms with Crippen LogP contribution >= 0.6 is 0 Å². The van der Waals surface area contributed by atoms with Crippen LogP contribution < -0.4 is 0 Å². The van der Waals surface area contributed by atoms with E-state index in [1.165, 1.54) is 0 Å². The Labute approximate surface area is 77.2 Å². The number of rotatable bonds is 1. The normalized spacial score (nSPS) is 10.9. The number of hydrogen-bond donors (Lipinski definition) is 0. The number of benzene rings is 1. The highest BCUT2D eigenvalue weighted by atomic mass is 19.4. The molecule has 0 fully saturated rings. The van der Waals surface area contributed by atoms with Gasteiger partial charge in [0.1, 0.15) is 5.82 Å². The minimum atomic E-state index is -4.75. The van der Waals surface area contributed by atoms with Gasteiger partial charge in [0.05, 0.1) is 5.57 Å². The zero-order chi connectivity index (χ0) is 10.8. The van der Waals surface area contributed by atoms with Crippen LogP contribution in [0.1, 0.15) is 5.56 Å². The van der Waals surface area contributed by atoms with Gasteiger partial charge in [-0.25, -0.2) is 4.39 Å². The number of halogens is 4. The second kappa shape index (κ2) is 3.64. The Balaban J connectivity index is 3.23. The highest BCUT2D eigenvalue weighted by molar-refractivity contribution is 5.93. The monoisotopic (exact) mass is 202 g/mol. The molecule has 0 bridgehead atoms. The highest BCUT2D eigenvalue weighted by Crippen LogP contribution is 2.31. The van der Waals surface area contributed by atoms with Crippen molar-refractivity contribution in [2.75, 3.05) is 0 Å². The van der Waals surface area contributed by atoms with Crippen LogP contribution in [0.25, 0.3) is 11.0 Å². The summed E-state index contributed by atoms with van der Waals surface area (Å²) < 4.78 is 49.0. The molecule has 5 heteroatoms. The van der Waals surface area contributed by atoms with Crippen LogP contribution in [0, 0.1) is 5.82 Å². The van der Waals surface area contributed by atoms with Crippen molar-refractivity contribution in [2.24, 2.45) is 0 Å². The minimum Gasteiger partial charge on any atom is -0.763 e. The molecule has 0 amide bonds. The van der Waals surface area contributed by atoms with Gasteiger partial charge >= 0.3 is 6.18 Å². The Morgan fingerprint density at radius 3 is 2.36 bits per heavy atom. The third kappa shape index (κ3) is 2.20. The molecule has 74 valence electrons. The van der Waals surface area contributed by atoms with Crippen molar-refractivity contribution >= 4 is 11.4 Å². The molecule has 0 aliphatic carbocycles. The van der Waals surface area contributed by atoms with E-state index in [9.17, 15) is 17.6 Å². The van der Waals surface area contributed by atoms with E-state index in [-0.39, 0.29) is 0 Å². The summed E-state index contributed by atoms with van der Waals surface area (Å²) in [4.78, 5) is 0. The van der Waals surface area contributed by atoms with E-state index < -0.39 is 23.1 Å². The Bertz CT molecular complexity index is 388. The molecule has 1 aromatic rings. The van der Waals surface area contributed by atoms with Crippen LogP contribution in [0.15, 0.2) is 24.3 Å². The largest absolute Gasteiger partial charge is 0.763 e. The first-order chi connectivity index (χ1) is 6.45. The molecule has 0 saturated carbocycles. The number of allylic oxidation sites excluding steroid dienone is 1. The summed E-state index contributed by atoms with van der Waals surface area (Å²) >= 11 is 0. The minimum absolute atomic E-state index is 0.458. The molecule has 0 unspecified atom stereocenters. The van der Waals surface area contributed by atoms with Crippen LogP contribution in [0.3, 0.4) is 0 Å². The molecule has 0 spiro atoms. The van der Waals surface area contributed by atoms with Gasteiger partial charge in [-0.2, -0.15) is 13.2 Å². The maximum absolute atomic E-state index is 12.6. The van der Waals surface area contributed by atoms with E-state index in [0.29, 0.717) is 6.07 Å². The number of hydrogen-bond acceptors (Lipinski definition) is 0. The smallest absolute Gasteiger partial charge is 0.422 e. The van der Waals surface area contributed by atoms with Gasteiger partial charge in [0.25, 0.3) is 0 Å². The summed E-state index contributed by atoms with van der Waals surface area (Å²) in [5, 5.41) is 8.28. The average molecular weight is 202 g/mol. The van der Waals surface area contributed by atoms with Gasteiger partial charge in [0.15, 0.2) is 0 Å². The van der Waals surface area contributed by atoms with E-state index in [2.05, 4.69) is 0 Å². The predicted octanol–water partition coefficient (Wildman–Crippen LogP) is 3.01. The average Bonchev–Trinajstić information content (AvgIpc) is 2.02. The SMILES string of the molecule is [N-]=C=C(c1cccc(F)c1)C(F)(F)F. The van der Waals surface area contributed by atoms with Crippen molar-refractivity contribution in [3.8, 4) is 0 Å². The molecular weight excluding hydrogens is 198 g/mol. The molecule has 0 N–H and O–H groups in total. The van der Waals surface area contributed by atoms with E-state index in [0.717, 1.165) is 24.1 Å². The standard InChI is InChI=1S/C9H4F4N/c10-7-3-1-2-6(4-7)8(5-14)9(11,12)13/h1-4H/q-1. The Kier molecular flexibility index (Phi) is 2.72. The first-order valence-corrected chi connectivity index (χ1v) is 3.55. The van der Waals surface area contributed by atoms with Gasteiger partial charge in [-0.05, 0) is 17.7 Å². The topological polar surface area (TPSA) is 22.3 Å². The van der Waals surface area contributed by atoms with Gasteiger partial charge in [-0.3, -0.25) is 5.87 Å². The molecule has 0 radical (unpaired) electrons. The van der Waals surface area contributed by atoms with E-state index in [4.69, 9.17) is 5.41 Å². The fourth-order valence-corrected chi connectivity index (χ4v) is 0.936. The van der Waals surface area contributed by atoms with Gasteiger partial charge in [-0.1, -0.05) is 12.1 Å². The molecule has 1 nitrogen and oxygen atoms in total. The zero-order valence-corrected chi connectivity index (χ0v) is 6.77. The number of alkyl halides is 3. The summed E-state index contributed by atoms with van der Waals surface area (Å²) in [7, 11) is 0. The van der Waals surface area contributed by atoms with Crippen molar-refractivity contribution in [2.45, 2.75) is 6.18 Å². The Morgan fingerprint density at radius 1 is 1.29 bits per heavy atom. The van der Waals surface area contributed by atoms with Crippen LogP contribution in [0.5, 0.6) is 0 Å². The fraction of sp³-hybridized carbons (Fsp3) is 0.111. The lowest BCUT2D eigenvalue weighted by atomic mass is 10.1. The van der Waals surface area contributed by atoms with Gasteiger partial charge in [-0.15, -0.1) is 0 Å². The maximum atomic E-state index is 12.6. The van der Waals surface area contributed by atoms with Crippen molar-refractivity contribution < 1.29 is 17.6 Å². The summed E-state index contributed by atoms with van der Waals surface area (Å²) in [6.45, 7) is 0. The molecule has 0 aliphatic heterocycles. The molecule has 0 heterocycles. The fourth-order valence-electron chi connectivity index (χ4n) is 0.936. The van der Waals surface area contributed by atoms with E-state index >= 15 is 0 Å². The second-order valence-electron chi connectivity index (χ2n) is 2.49. The molecule has 1 aromatic carbocycles. The maximum Gasteiger partial charge on any atom is 0.422 e. The summed E-state index contributed by atoms with van der Waals surface area (Å²) in [5.74, 6) is 0.204. The number of nitrogens with zero attached hydrogens (tertiary/aromatic N) is 1. The predicted molar refractivity (Wildman–Crippen MR) is 44.2 cm³/mol. The lowest BCUT2D eigenvalue weighted by Gasteiger charge is -2.10. The first-order valence-electron chi connectivity index (χ1n) is 3.55. The first kappa shape index (κ1) is 10.5. The third-order valence-electron chi connectivity index (χ3n) is 1.51. The van der Waals surface area contributed by atoms with Crippen LogP contribution in [-0.4, -0.2) is 12.0 Å². The second-order valence-corrected chi connectivity index (χ2v) is 2.49. The van der Waals surface area contributed by atoms with Crippen molar-refractivity contribution in [1.82, 2.24) is 0 Å². The lowest BCUT2D eigenvalue weighted by Crippen LogP contribution is -2.11. The van der Waals surface area contributed by atoms with E-state index in [1.54, 1.807) is 0 Å². The Hall–Kier alpha value is -1.61. The van der Waals surface area contributed by atoms with Crippen LogP contribution in [0.4, 0.5) is 17.6 Å². The summed E-state index contributed by atoms with van der Waals surface area (Å²) in [6.07, 6.45) is -4.75. The van der Waals surface area contributed by atoms with Gasteiger partial charge < -0.3 is 5.41 Å². The molecule has 14 heavy (non-hydrogen) atoms. The summed E-state index contributed by atoms with van der Waals surface area (Å²) in [6, 6.07) is 3.84. The summed E-state index contributed by atoms with van der Waals surface area (Å²) in [5.41, 5.74) is -1.85.